The minimum absolute atomic E-state index is 0.0186. The van der Waals surface area contributed by atoms with E-state index in [9.17, 15) is 43.8 Å². The average molecular weight is 1060 g/mol. The van der Waals surface area contributed by atoms with Crippen molar-refractivity contribution >= 4 is 58.1 Å². The quantitative estimate of drug-likeness (QED) is 0.0816. The number of anilines is 4. The number of rotatable bonds is 11. The smallest absolute Gasteiger partial charge is 0.410 e. The first-order valence-corrected chi connectivity index (χ1v) is 25.1. The van der Waals surface area contributed by atoms with Crippen molar-refractivity contribution in [1.29, 1.82) is 0 Å². The highest BCUT2D eigenvalue weighted by Crippen LogP contribution is 2.51. The predicted octanol–water partition coefficient (Wildman–Crippen LogP) is 11.3. The Labute approximate surface area is 434 Å². The van der Waals surface area contributed by atoms with E-state index in [-0.39, 0.29) is 63.5 Å². The summed E-state index contributed by atoms with van der Waals surface area (Å²) >= 11 is 0. The summed E-state index contributed by atoms with van der Waals surface area (Å²) in [4.78, 5) is 82.2. The molecule has 4 aromatic rings. The van der Waals surface area contributed by atoms with Gasteiger partial charge in [-0.05, 0) is 129 Å². The van der Waals surface area contributed by atoms with E-state index >= 15 is 17.6 Å². The van der Waals surface area contributed by atoms with Gasteiger partial charge in [-0.3, -0.25) is 39.6 Å². The van der Waals surface area contributed by atoms with Gasteiger partial charge in [0.2, 0.25) is 11.8 Å². The normalized spacial score (nSPS) is 20.2. The number of nitrogens with one attached hydrogen (secondary N) is 2. The van der Waals surface area contributed by atoms with Gasteiger partial charge in [0, 0.05) is 67.3 Å². The van der Waals surface area contributed by atoms with Crippen molar-refractivity contribution in [3.63, 3.8) is 0 Å². The summed E-state index contributed by atoms with van der Waals surface area (Å²) in [5.74, 6) is -6.49. The van der Waals surface area contributed by atoms with Crippen LogP contribution in [0.25, 0.3) is 0 Å². The molecule has 0 spiro atoms. The molecule has 2 unspecified atom stereocenters. The SMILES string of the molecule is CC(C)(C)OC(=O)N1CCCC1C(=O)Nc1cc(F)c([C@H]2CC[C@H](c3cc([N+](=O)[O-])c(NC(=O)C4CCCN4C(=O)OC(C)(C)C)cc3F)N2c2cc(F)c(N3CCC(c4ccc(F)cc4)CC3)c(F)c2)cc1[N+](=O)[O-]. The molecule has 0 radical (unpaired) electrons. The van der Waals surface area contributed by atoms with Crippen molar-refractivity contribution in [2.75, 3.05) is 46.6 Å². The maximum absolute atomic E-state index is 16.8. The van der Waals surface area contributed by atoms with E-state index in [1.165, 1.54) is 31.7 Å². The van der Waals surface area contributed by atoms with Gasteiger partial charge in [-0.25, -0.2) is 31.5 Å². The third kappa shape index (κ3) is 11.8. The molecule has 2 N–H and O–H groups in total. The fourth-order valence-electron chi connectivity index (χ4n) is 10.7. The van der Waals surface area contributed by atoms with E-state index in [0.717, 1.165) is 29.8 Å². The minimum Gasteiger partial charge on any atom is -0.444 e. The molecule has 406 valence electrons. The Balaban J connectivity index is 1.15. The number of piperidine rings is 1. The highest BCUT2D eigenvalue weighted by molar-refractivity contribution is 5.99. The van der Waals surface area contributed by atoms with E-state index < -0.39 is 138 Å². The van der Waals surface area contributed by atoms with Crippen LogP contribution in [0.15, 0.2) is 60.7 Å². The lowest BCUT2D eigenvalue weighted by atomic mass is 9.89. The van der Waals surface area contributed by atoms with Gasteiger partial charge in [0.25, 0.3) is 11.4 Å². The summed E-state index contributed by atoms with van der Waals surface area (Å²) in [5, 5.41) is 30.3. The van der Waals surface area contributed by atoms with Crippen molar-refractivity contribution in [2.24, 2.45) is 0 Å². The second-order valence-electron chi connectivity index (χ2n) is 21.5. The van der Waals surface area contributed by atoms with Crippen LogP contribution in [-0.2, 0) is 19.1 Å². The van der Waals surface area contributed by atoms with Gasteiger partial charge in [-0.15, -0.1) is 0 Å². The molecule has 4 aliphatic heterocycles. The highest BCUT2D eigenvalue weighted by Gasteiger charge is 2.43. The van der Waals surface area contributed by atoms with E-state index in [4.69, 9.17) is 9.47 Å². The first-order chi connectivity index (χ1) is 35.8. The van der Waals surface area contributed by atoms with Gasteiger partial charge in [-0.1, -0.05) is 12.1 Å². The molecular weight excluding hydrogens is 1000 g/mol. The van der Waals surface area contributed by atoms with Crippen molar-refractivity contribution in [3.05, 3.63) is 127 Å². The molecule has 4 aromatic carbocycles. The maximum atomic E-state index is 16.8. The second-order valence-corrected chi connectivity index (χ2v) is 21.5. The average Bonchev–Trinajstić information content (AvgIpc) is 4.14. The molecule has 23 heteroatoms. The van der Waals surface area contributed by atoms with Gasteiger partial charge in [-0.2, -0.15) is 0 Å². The summed E-state index contributed by atoms with van der Waals surface area (Å²) in [5.41, 5.74) is -5.12. The Morgan fingerprint density at radius 3 is 1.39 bits per heavy atom. The zero-order valence-electron chi connectivity index (χ0n) is 42.8. The third-order valence-corrected chi connectivity index (χ3v) is 14.1. The van der Waals surface area contributed by atoms with Gasteiger partial charge in [0.15, 0.2) is 11.6 Å². The standard InChI is InChI=1S/C53H59F5N8O10/c1-52(2,3)75-50(69)62-19-7-9-43(62)48(67)59-39-27-35(55)33(25-45(39)65(71)72)41-15-16-42(64(41)32-23-37(57)47(38(58)24-32)61-21-17-30(18-22-61)29-11-13-31(54)14-12-29)34-26-46(66(73)74)40(28-36(34)56)60-49(68)44-10-8-20-63(44)51(70)76-53(4,5)6/h11-14,23-28,30,41-44H,7-10,15-22H2,1-6H3,(H,59,67)(H,60,68)/t41-,42-,43?,44?/m1/s1. The third-order valence-electron chi connectivity index (χ3n) is 14.1. The molecule has 4 aliphatic rings. The van der Waals surface area contributed by atoms with E-state index in [0.29, 0.717) is 37.8 Å². The van der Waals surface area contributed by atoms with Crippen LogP contribution < -0.4 is 20.4 Å². The maximum Gasteiger partial charge on any atom is 0.410 e. The number of benzene rings is 4. The van der Waals surface area contributed by atoms with Crippen LogP contribution in [0.3, 0.4) is 0 Å². The summed E-state index contributed by atoms with van der Waals surface area (Å²) in [6, 6.07) is 6.05. The molecule has 0 bridgehead atoms. The van der Waals surface area contributed by atoms with E-state index in [1.807, 2.05) is 0 Å². The van der Waals surface area contributed by atoms with Gasteiger partial charge in [0.1, 0.15) is 57.8 Å². The van der Waals surface area contributed by atoms with Crippen molar-refractivity contribution in [3.8, 4) is 0 Å². The van der Waals surface area contributed by atoms with Crippen molar-refractivity contribution in [1.82, 2.24) is 9.80 Å². The molecule has 18 nitrogen and oxygen atoms in total. The second kappa shape index (κ2) is 21.6. The molecule has 4 atom stereocenters. The number of likely N-dealkylation sites (tertiary alicyclic amines) is 2. The van der Waals surface area contributed by atoms with Crippen molar-refractivity contribution in [2.45, 2.75) is 134 Å². The number of carbonyl (C=O) groups is 4. The topological polar surface area (TPSA) is 210 Å². The summed E-state index contributed by atoms with van der Waals surface area (Å²) < 4.78 is 91.6. The molecule has 8 rings (SSSR count). The lowest BCUT2D eigenvalue weighted by Crippen LogP contribution is -2.45. The van der Waals surface area contributed by atoms with Gasteiger partial charge in [0.05, 0.1) is 21.9 Å². The Bertz CT molecular complexity index is 2790. The highest BCUT2D eigenvalue weighted by atomic mass is 19.1. The molecule has 4 saturated heterocycles. The van der Waals surface area contributed by atoms with Crippen LogP contribution in [0.2, 0.25) is 0 Å². The Hall–Kier alpha value is -7.59. The number of nitro benzene ring substituents is 2. The molecular formula is C53H59F5N8O10. The number of ether oxygens (including phenoxy) is 2. The number of amides is 4. The number of halogens is 5. The number of hydrogen-bond acceptors (Lipinski definition) is 12. The monoisotopic (exact) mass is 1060 g/mol. The minimum atomic E-state index is -1.36. The number of hydrogen-bond donors (Lipinski definition) is 2. The Morgan fingerprint density at radius 1 is 0.579 bits per heavy atom. The predicted molar refractivity (Wildman–Crippen MR) is 269 cm³/mol. The largest absolute Gasteiger partial charge is 0.444 e. The van der Waals surface area contributed by atoms with Crippen LogP contribution in [0, 0.1) is 49.3 Å². The number of carbonyl (C=O) groups excluding carboxylic acids is 4. The molecule has 0 saturated carbocycles. The van der Waals surface area contributed by atoms with E-state index in [1.54, 1.807) is 53.7 Å². The van der Waals surface area contributed by atoms with Crippen LogP contribution in [-0.4, -0.2) is 93.1 Å². The first-order valence-electron chi connectivity index (χ1n) is 25.1. The van der Waals surface area contributed by atoms with Crippen LogP contribution in [0.1, 0.15) is 128 Å². The van der Waals surface area contributed by atoms with Crippen molar-refractivity contribution < 1.29 is 60.5 Å². The first kappa shape index (κ1) is 54.7. The lowest BCUT2D eigenvalue weighted by Gasteiger charge is -2.36. The fourth-order valence-corrected chi connectivity index (χ4v) is 10.7. The lowest BCUT2D eigenvalue weighted by molar-refractivity contribution is -0.384. The zero-order chi connectivity index (χ0) is 55.1. The molecule has 4 fully saturated rings. The molecule has 0 aromatic heterocycles. The van der Waals surface area contributed by atoms with Gasteiger partial charge < -0.3 is 29.9 Å². The molecule has 0 aliphatic carbocycles. The van der Waals surface area contributed by atoms with Crippen LogP contribution in [0.5, 0.6) is 0 Å². The zero-order valence-corrected chi connectivity index (χ0v) is 42.8. The van der Waals surface area contributed by atoms with Crippen LogP contribution in [0.4, 0.5) is 65.7 Å². The number of nitrogens with zero attached hydrogens (tertiary/aromatic N) is 6. The number of nitro groups is 2. The van der Waals surface area contributed by atoms with E-state index in [2.05, 4.69) is 10.6 Å². The summed E-state index contributed by atoms with van der Waals surface area (Å²) in [6.45, 7) is 10.6. The summed E-state index contributed by atoms with van der Waals surface area (Å²) in [6.07, 6.45) is 0.191. The van der Waals surface area contributed by atoms with Crippen LogP contribution >= 0.6 is 0 Å². The fraction of sp³-hybridized carbons (Fsp3) is 0.472. The molecule has 76 heavy (non-hydrogen) atoms. The summed E-state index contributed by atoms with van der Waals surface area (Å²) in [7, 11) is 0. The van der Waals surface area contributed by atoms with Gasteiger partial charge >= 0.3 is 12.2 Å². The molecule has 4 heterocycles. The Kier molecular flexibility index (Phi) is 15.5. The molecule has 4 amide bonds. The Morgan fingerprint density at radius 2 is 1.00 bits per heavy atom.